The van der Waals surface area contributed by atoms with Gasteiger partial charge in [-0.3, -0.25) is 4.79 Å². The van der Waals surface area contributed by atoms with Crippen LogP contribution in [0, 0.1) is 0 Å². The molecule has 1 aliphatic heterocycles. The van der Waals surface area contributed by atoms with Gasteiger partial charge in [0.25, 0.3) is 0 Å². The Morgan fingerprint density at radius 1 is 1.44 bits per heavy atom. The third kappa shape index (κ3) is 3.23. The number of hydrogen-bond donors (Lipinski definition) is 2. The molecule has 2 amide bonds. The quantitative estimate of drug-likeness (QED) is 0.844. The van der Waals surface area contributed by atoms with E-state index in [1.807, 2.05) is 37.3 Å². The summed E-state index contributed by atoms with van der Waals surface area (Å²) in [7, 11) is 0. The van der Waals surface area contributed by atoms with Crippen molar-refractivity contribution in [2.45, 2.75) is 32.0 Å². The average Bonchev–Trinajstić information content (AvgIpc) is 2.67. The first kappa shape index (κ1) is 12.4. The molecule has 1 aliphatic rings. The first-order chi connectivity index (χ1) is 8.65. The van der Waals surface area contributed by atoms with E-state index in [1.54, 1.807) is 0 Å². The van der Waals surface area contributed by atoms with E-state index < -0.39 is 12.1 Å². The van der Waals surface area contributed by atoms with Gasteiger partial charge in [-0.1, -0.05) is 30.3 Å². The Kier molecular flexibility index (Phi) is 3.82. The predicted molar refractivity (Wildman–Crippen MR) is 65.8 cm³/mol. The third-order valence-corrected chi connectivity index (χ3v) is 2.80. The minimum absolute atomic E-state index is 0.0944. The first-order valence-electron chi connectivity index (χ1n) is 5.93. The third-order valence-electron chi connectivity index (χ3n) is 2.80. The lowest BCUT2D eigenvalue weighted by Crippen LogP contribution is -2.40. The van der Waals surface area contributed by atoms with Crippen molar-refractivity contribution in [3.05, 3.63) is 35.9 Å². The number of hydrogen-bond acceptors (Lipinski definition) is 3. The highest BCUT2D eigenvalue weighted by Crippen LogP contribution is 2.08. The SMILES string of the molecule is CC1C[C@H](NC(=O)OCc2ccccc2)C(=O)N1. The zero-order chi connectivity index (χ0) is 13.0. The number of amides is 2. The van der Waals surface area contributed by atoms with E-state index in [0.29, 0.717) is 6.42 Å². The molecule has 0 aliphatic carbocycles. The van der Waals surface area contributed by atoms with E-state index in [1.165, 1.54) is 0 Å². The van der Waals surface area contributed by atoms with Gasteiger partial charge in [-0.25, -0.2) is 4.79 Å². The fraction of sp³-hybridized carbons (Fsp3) is 0.385. The van der Waals surface area contributed by atoms with Gasteiger partial charge in [0.1, 0.15) is 12.6 Å². The largest absolute Gasteiger partial charge is 0.445 e. The fourth-order valence-corrected chi connectivity index (χ4v) is 1.89. The van der Waals surface area contributed by atoms with Gasteiger partial charge in [0.15, 0.2) is 0 Å². The summed E-state index contributed by atoms with van der Waals surface area (Å²) in [6, 6.07) is 9.01. The van der Waals surface area contributed by atoms with Crippen LogP contribution in [0.2, 0.25) is 0 Å². The second-order valence-corrected chi connectivity index (χ2v) is 4.40. The summed E-state index contributed by atoms with van der Waals surface area (Å²) in [5, 5.41) is 5.29. The molecule has 1 saturated heterocycles. The summed E-state index contributed by atoms with van der Waals surface area (Å²) >= 11 is 0. The topological polar surface area (TPSA) is 67.4 Å². The van der Waals surface area contributed by atoms with Crippen molar-refractivity contribution in [3.63, 3.8) is 0 Å². The molecule has 0 aromatic heterocycles. The van der Waals surface area contributed by atoms with Gasteiger partial charge < -0.3 is 15.4 Å². The number of benzene rings is 1. The number of alkyl carbamates (subject to hydrolysis) is 1. The summed E-state index contributed by atoms with van der Waals surface area (Å²) in [6.45, 7) is 2.10. The summed E-state index contributed by atoms with van der Waals surface area (Å²) < 4.78 is 5.04. The Morgan fingerprint density at radius 2 is 2.17 bits per heavy atom. The van der Waals surface area contributed by atoms with Gasteiger partial charge in [-0.05, 0) is 18.9 Å². The van der Waals surface area contributed by atoms with Crippen LogP contribution < -0.4 is 10.6 Å². The van der Waals surface area contributed by atoms with E-state index in [2.05, 4.69) is 10.6 Å². The Morgan fingerprint density at radius 3 is 2.78 bits per heavy atom. The van der Waals surface area contributed by atoms with Crippen LogP contribution >= 0.6 is 0 Å². The van der Waals surface area contributed by atoms with E-state index in [4.69, 9.17) is 4.74 Å². The van der Waals surface area contributed by atoms with Crippen molar-refractivity contribution in [2.75, 3.05) is 0 Å². The van der Waals surface area contributed by atoms with Crippen LogP contribution in [0.5, 0.6) is 0 Å². The van der Waals surface area contributed by atoms with Crippen LogP contribution in [0.4, 0.5) is 4.79 Å². The molecule has 1 aromatic carbocycles. The molecule has 2 rings (SSSR count). The van der Waals surface area contributed by atoms with Crippen LogP contribution in [0.25, 0.3) is 0 Å². The van der Waals surface area contributed by atoms with Crippen molar-refractivity contribution in [2.24, 2.45) is 0 Å². The minimum atomic E-state index is -0.562. The van der Waals surface area contributed by atoms with Gasteiger partial charge in [0.2, 0.25) is 5.91 Å². The number of ether oxygens (including phenoxy) is 1. The zero-order valence-corrected chi connectivity index (χ0v) is 10.2. The molecular weight excluding hydrogens is 232 g/mol. The number of rotatable bonds is 3. The molecular formula is C13H16N2O3. The lowest BCUT2D eigenvalue weighted by atomic mass is 10.2. The minimum Gasteiger partial charge on any atom is -0.445 e. The maximum absolute atomic E-state index is 11.5. The van der Waals surface area contributed by atoms with Gasteiger partial charge in [-0.2, -0.15) is 0 Å². The summed E-state index contributed by atoms with van der Waals surface area (Å²) in [6.07, 6.45) is 0.0346. The molecule has 0 bridgehead atoms. The zero-order valence-electron chi connectivity index (χ0n) is 10.2. The maximum atomic E-state index is 11.5. The fourth-order valence-electron chi connectivity index (χ4n) is 1.89. The van der Waals surface area contributed by atoms with Crippen LogP contribution in [-0.2, 0) is 16.1 Å². The van der Waals surface area contributed by atoms with E-state index >= 15 is 0 Å². The summed E-state index contributed by atoms with van der Waals surface area (Å²) in [5.74, 6) is -0.154. The Hall–Kier alpha value is -2.04. The summed E-state index contributed by atoms with van der Waals surface area (Å²) in [4.78, 5) is 22.9. The molecule has 0 radical (unpaired) electrons. The molecule has 2 atom stereocenters. The molecule has 1 fully saturated rings. The predicted octanol–water partition coefficient (Wildman–Crippen LogP) is 1.19. The smallest absolute Gasteiger partial charge is 0.408 e. The molecule has 1 aromatic rings. The molecule has 0 spiro atoms. The highest BCUT2D eigenvalue weighted by molar-refractivity contribution is 5.87. The van der Waals surface area contributed by atoms with Crippen molar-refractivity contribution in [1.29, 1.82) is 0 Å². The first-order valence-corrected chi connectivity index (χ1v) is 5.93. The van der Waals surface area contributed by atoms with Crippen molar-refractivity contribution in [3.8, 4) is 0 Å². The van der Waals surface area contributed by atoms with Crippen LogP contribution in [0.3, 0.4) is 0 Å². The lowest BCUT2D eigenvalue weighted by Gasteiger charge is -2.10. The molecule has 0 saturated carbocycles. The van der Waals surface area contributed by atoms with Gasteiger partial charge in [-0.15, -0.1) is 0 Å². The van der Waals surface area contributed by atoms with E-state index in [9.17, 15) is 9.59 Å². The van der Waals surface area contributed by atoms with Gasteiger partial charge in [0.05, 0.1) is 0 Å². The maximum Gasteiger partial charge on any atom is 0.408 e. The molecule has 96 valence electrons. The molecule has 5 heteroatoms. The average molecular weight is 248 g/mol. The van der Waals surface area contributed by atoms with E-state index in [-0.39, 0.29) is 18.6 Å². The molecule has 18 heavy (non-hydrogen) atoms. The second kappa shape index (κ2) is 5.53. The van der Waals surface area contributed by atoms with Gasteiger partial charge >= 0.3 is 6.09 Å². The highest BCUT2D eigenvalue weighted by atomic mass is 16.5. The number of carbonyl (C=O) groups excluding carboxylic acids is 2. The van der Waals surface area contributed by atoms with Crippen molar-refractivity contribution < 1.29 is 14.3 Å². The van der Waals surface area contributed by atoms with Crippen LogP contribution in [0.1, 0.15) is 18.9 Å². The highest BCUT2D eigenvalue weighted by Gasteiger charge is 2.30. The van der Waals surface area contributed by atoms with Crippen molar-refractivity contribution >= 4 is 12.0 Å². The van der Waals surface area contributed by atoms with Crippen LogP contribution in [0.15, 0.2) is 30.3 Å². The second-order valence-electron chi connectivity index (χ2n) is 4.40. The van der Waals surface area contributed by atoms with E-state index in [0.717, 1.165) is 5.56 Å². The lowest BCUT2D eigenvalue weighted by molar-refractivity contribution is -0.121. The Balaban J connectivity index is 1.77. The standard InChI is InChI=1S/C13H16N2O3/c1-9-7-11(12(16)14-9)15-13(17)18-8-10-5-3-2-4-6-10/h2-6,9,11H,7-8H2,1H3,(H,14,16)(H,15,17)/t9?,11-/m0/s1. The Bertz CT molecular complexity index is 433. The van der Waals surface area contributed by atoms with Crippen LogP contribution in [-0.4, -0.2) is 24.1 Å². The number of nitrogens with one attached hydrogen (secondary N) is 2. The molecule has 1 heterocycles. The molecule has 1 unspecified atom stereocenters. The molecule has 2 N–H and O–H groups in total. The van der Waals surface area contributed by atoms with Crippen molar-refractivity contribution in [1.82, 2.24) is 10.6 Å². The van der Waals surface area contributed by atoms with Gasteiger partial charge in [0, 0.05) is 6.04 Å². The number of carbonyl (C=O) groups is 2. The normalized spacial score (nSPS) is 22.4. The monoisotopic (exact) mass is 248 g/mol. The summed E-state index contributed by atoms with van der Waals surface area (Å²) in [5.41, 5.74) is 0.914. The Labute approximate surface area is 106 Å². The molecule has 5 nitrogen and oxygen atoms in total.